The summed E-state index contributed by atoms with van der Waals surface area (Å²) in [5, 5.41) is 26.5. The van der Waals surface area contributed by atoms with Crippen LogP contribution >= 0.6 is 0 Å². The van der Waals surface area contributed by atoms with Crippen LogP contribution in [0.2, 0.25) is 0 Å². The minimum atomic E-state index is 0.346. The second-order valence-electron chi connectivity index (χ2n) is 27.4. The summed E-state index contributed by atoms with van der Waals surface area (Å²) >= 11 is 0. The molecule has 6 heterocycles. The molecule has 14 aromatic carbocycles. The van der Waals surface area contributed by atoms with E-state index in [0.29, 0.717) is 92.4 Å². The minimum Gasteiger partial charge on any atom is -0.308 e. The highest BCUT2D eigenvalue weighted by atomic mass is 15.1. The van der Waals surface area contributed by atoms with E-state index in [1.54, 1.807) is 6.07 Å². The highest BCUT2D eigenvalue weighted by Crippen LogP contribution is 2.45. The summed E-state index contributed by atoms with van der Waals surface area (Å²) < 4.78 is 4.34. The summed E-state index contributed by atoms with van der Waals surface area (Å²) in [6, 6.07) is 121. The molecule has 0 amide bonds. The standard InChI is InChI=1S/C98H58N16/c99-59-61-26-25-43-70(52-61)75-57-85(113-81-48-44-71(95-105-87(62-27-9-1-10-28-62)101-88(106-95)63-29-11-2-12-30-63)53-76(81)77-54-72(45-49-82(77)113)96-107-89(64-31-13-3-14-32-64)102-90(108-96)65-33-15-4-16-34-65)80(60-100)86(58-75)114-83-50-46-73(97-109-91(66-35-17-5-18-36-66)103-92(110-97)67-37-19-6-20-38-67)55-78(83)79-56-74(47-51-84(79)114)98-111-93(68-39-21-7-22-40-68)104-94(112-98)69-41-23-8-24-42-69/h1-58H. The Morgan fingerprint density at radius 1 is 0.175 bits per heavy atom. The smallest absolute Gasteiger partial charge is 0.164 e. The van der Waals surface area contributed by atoms with Crippen molar-refractivity contribution in [1.29, 1.82) is 10.5 Å². The lowest BCUT2D eigenvalue weighted by atomic mass is 9.98. The Morgan fingerprint density at radius 3 is 0.596 bits per heavy atom. The fraction of sp³-hybridized carbons (Fsp3) is 0. The maximum atomic E-state index is 12.6. The van der Waals surface area contributed by atoms with Gasteiger partial charge in [0, 0.05) is 88.3 Å². The molecule has 0 fully saturated rings. The molecule has 0 aliphatic rings. The van der Waals surface area contributed by atoms with Crippen LogP contribution in [0.5, 0.6) is 0 Å². The Labute approximate surface area is 653 Å². The second-order valence-corrected chi connectivity index (χ2v) is 27.4. The van der Waals surface area contributed by atoms with Gasteiger partial charge in [-0.05, 0) is 108 Å². The summed E-state index contributed by atoms with van der Waals surface area (Å²) in [5.41, 5.74) is 16.1. The first-order valence-electron chi connectivity index (χ1n) is 37.1. The van der Waals surface area contributed by atoms with E-state index in [0.717, 1.165) is 122 Å². The zero-order valence-corrected chi connectivity index (χ0v) is 60.6. The molecular weight excluding hydrogens is 1400 g/mol. The Kier molecular flexibility index (Phi) is 16.9. The predicted molar refractivity (Wildman–Crippen MR) is 449 cm³/mol. The first kappa shape index (κ1) is 67.1. The third-order valence-corrected chi connectivity index (χ3v) is 20.4. The van der Waals surface area contributed by atoms with Crippen molar-refractivity contribution in [3.05, 3.63) is 363 Å². The molecule has 0 radical (unpaired) electrons. The van der Waals surface area contributed by atoms with Crippen molar-refractivity contribution < 1.29 is 0 Å². The van der Waals surface area contributed by atoms with Crippen LogP contribution in [0, 0.1) is 22.7 Å². The highest BCUT2D eigenvalue weighted by molar-refractivity contribution is 6.14. The van der Waals surface area contributed by atoms with E-state index in [4.69, 9.17) is 59.8 Å². The van der Waals surface area contributed by atoms with Crippen LogP contribution < -0.4 is 0 Å². The molecule has 0 spiro atoms. The Balaban J connectivity index is 0.857. The molecule has 530 valence electrons. The van der Waals surface area contributed by atoms with Gasteiger partial charge in [-0.2, -0.15) is 10.5 Å². The van der Waals surface area contributed by atoms with Gasteiger partial charge in [-0.3, -0.25) is 0 Å². The number of benzene rings is 14. The molecule has 114 heavy (non-hydrogen) atoms. The maximum Gasteiger partial charge on any atom is 0.164 e. The third-order valence-electron chi connectivity index (χ3n) is 20.4. The normalized spacial score (nSPS) is 11.3. The van der Waals surface area contributed by atoms with Crippen LogP contribution in [0.3, 0.4) is 0 Å². The number of nitriles is 2. The zero-order chi connectivity index (χ0) is 76.0. The zero-order valence-electron chi connectivity index (χ0n) is 60.6. The van der Waals surface area contributed by atoms with Crippen molar-refractivity contribution >= 4 is 43.6 Å². The molecule has 0 N–H and O–H groups in total. The SMILES string of the molecule is N#Cc1cccc(-c2cc(-n3c4ccc(-c5nc(-c6ccccc6)nc(-c6ccccc6)n5)cc4c4cc(-c5nc(-c6ccccc6)nc(-c6ccccc6)n5)ccc43)c(C#N)c(-n3c4ccc(-c5nc(-c6ccccc6)nc(-c6ccccc6)n5)cc4c4cc(-c5nc(-c6ccccc6)nc(-c6ccccc6)n5)ccc43)c2)c1. The molecule has 20 rings (SSSR count). The molecule has 0 aliphatic carbocycles. The summed E-state index contributed by atoms with van der Waals surface area (Å²) in [5.74, 6) is 5.99. The lowest BCUT2D eigenvalue weighted by Crippen LogP contribution is -2.05. The van der Waals surface area contributed by atoms with E-state index in [-0.39, 0.29) is 0 Å². The van der Waals surface area contributed by atoms with Crippen LogP contribution in [-0.4, -0.2) is 68.9 Å². The van der Waals surface area contributed by atoms with Gasteiger partial charge in [0.05, 0.1) is 45.1 Å². The van der Waals surface area contributed by atoms with Crippen LogP contribution in [0.4, 0.5) is 0 Å². The van der Waals surface area contributed by atoms with Gasteiger partial charge in [0.2, 0.25) is 0 Å². The maximum absolute atomic E-state index is 12.6. The average Bonchev–Trinajstić information content (AvgIpc) is 1.67. The Morgan fingerprint density at radius 2 is 0.386 bits per heavy atom. The van der Waals surface area contributed by atoms with Crippen molar-refractivity contribution in [2.24, 2.45) is 0 Å². The topological polar surface area (TPSA) is 212 Å². The molecule has 16 nitrogen and oxygen atoms in total. The quantitative estimate of drug-likeness (QED) is 0.0934. The molecule has 16 heteroatoms. The lowest BCUT2D eigenvalue weighted by Gasteiger charge is -2.19. The predicted octanol–water partition coefficient (Wildman–Crippen LogP) is 22.0. The third kappa shape index (κ3) is 12.5. The summed E-state index contributed by atoms with van der Waals surface area (Å²) in [6.45, 7) is 0. The van der Waals surface area contributed by atoms with Gasteiger partial charge in [0.25, 0.3) is 0 Å². The first-order chi connectivity index (χ1) is 56.4. The summed E-state index contributed by atoms with van der Waals surface area (Å²) in [7, 11) is 0. The van der Waals surface area contributed by atoms with E-state index in [1.807, 2.05) is 285 Å². The van der Waals surface area contributed by atoms with Crippen molar-refractivity contribution in [2.45, 2.75) is 0 Å². The monoisotopic (exact) mass is 1460 g/mol. The minimum absolute atomic E-state index is 0.346. The van der Waals surface area contributed by atoms with E-state index in [1.165, 1.54) is 0 Å². The van der Waals surface area contributed by atoms with Crippen molar-refractivity contribution in [3.63, 3.8) is 0 Å². The Bertz CT molecular complexity index is 6220. The number of hydrogen-bond acceptors (Lipinski definition) is 14. The van der Waals surface area contributed by atoms with Gasteiger partial charge in [-0.25, -0.2) is 59.8 Å². The number of aromatic nitrogens is 14. The fourth-order valence-corrected chi connectivity index (χ4v) is 14.9. The number of nitrogens with zero attached hydrogens (tertiary/aromatic N) is 16. The molecule has 6 aromatic heterocycles. The molecule has 0 atom stereocenters. The van der Waals surface area contributed by atoms with Crippen LogP contribution in [0.25, 0.3) is 203 Å². The molecule has 0 saturated carbocycles. The second kappa shape index (κ2) is 28.7. The first-order valence-corrected chi connectivity index (χ1v) is 37.1. The van der Waals surface area contributed by atoms with Crippen molar-refractivity contribution in [1.82, 2.24) is 68.9 Å². The van der Waals surface area contributed by atoms with Crippen molar-refractivity contribution in [3.8, 4) is 171 Å². The summed E-state index contributed by atoms with van der Waals surface area (Å²) in [4.78, 5) is 62.2. The Hall–Kier alpha value is -16.3. The number of hydrogen-bond donors (Lipinski definition) is 0. The largest absolute Gasteiger partial charge is 0.308 e. The van der Waals surface area contributed by atoms with Crippen molar-refractivity contribution in [2.75, 3.05) is 0 Å². The van der Waals surface area contributed by atoms with Crippen LogP contribution in [-0.2, 0) is 0 Å². The molecule has 0 saturated heterocycles. The van der Waals surface area contributed by atoms with Gasteiger partial charge in [-0.15, -0.1) is 0 Å². The molecule has 0 bridgehead atoms. The lowest BCUT2D eigenvalue weighted by molar-refractivity contribution is 1.07. The van der Waals surface area contributed by atoms with Crippen LogP contribution in [0.15, 0.2) is 352 Å². The van der Waals surface area contributed by atoms with Gasteiger partial charge in [0.15, 0.2) is 69.9 Å². The molecule has 0 unspecified atom stereocenters. The number of rotatable bonds is 15. The van der Waals surface area contributed by atoms with E-state index < -0.39 is 0 Å². The van der Waals surface area contributed by atoms with E-state index >= 15 is 0 Å². The van der Waals surface area contributed by atoms with Gasteiger partial charge in [-0.1, -0.05) is 255 Å². The van der Waals surface area contributed by atoms with Gasteiger partial charge in [0.1, 0.15) is 11.6 Å². The van der Waals surface area contributed by atoms with Gasteiger partial charge < -0.3 is 9.13 Å². The molecule has 20 aromatic rings. The van der Waals surface area contributed by atoms with Crippen LogP contribution in [0.1, 0.15) is 11.1 Å². The van der Waals surface area contributed by atoms with E-state index in [9.17, 15) is 10.5 Å². The average molecular weight is 1460 g/mol. The molecular formula is C98H58N16. The highest BCUT2D eigenvalue weighted by Gasteiger charge is 2.27. The summed E-state index contributed by atoms with van der Waals surface area (Å²) in [6.07, 6.45) is 0. The molecule has 0 aliphatic heterocycles. The fourth-order valence-electron chi connectivity index (χ4n) is 14.9. The van der Waals surface area contributed by atoms with E-state index in [2.05, 4.69) is 81.9 Å². The van der Waals surface area contributed by atoms with Gasteiger partial charge >= 0.3 is 0 Å². The number of fused-ring (bicyclic) bond motifs is 6.